The molecule has 2 aliphatic rings. The Kier molecular flexibility index (Phi) is 7.91. The molecule has 0 saturated carbocycles. The highest BCUT2D eigenvalue weighted by Crippen LogP contribution is 2.37. The molecule has 3 heterocycles. The van der Waals surface area contributed by atoms with Crippen LogP contribution in [0.1, 0.15) is 46.3 Å². The van der Waals surface area contributed by atoms with E-state index in [0.29, 0.717) is 10.6 Å². The van der Waals surface area contributed by atoms with Crippen LogP contribution in [0.5, 0.6) is 5.75 Å². The molecular formula is C29H29ClF2N4O4. The van der Waals surface area contributed by atoms with Gasteiger partial charge in [0.25, 0.3) is 11.5 Å². The molecule has 2 aromatic carbocycles. The number of carbonyl (C=O) groups excluding carboxylic acids is 2. The Balaban J connectivity index is 1.57. The SMILES string of the molecule is COc1cc(F)c([C@@H]2CN(c3c(C)ccn(C4CCNCC4)c3=O)C(=O)[C@H]2NC(=O)c2ccc(Cl)cc2)c(F)c1. The Labute approximate surface area is 234 Å². The fourth-order valence-electron chi connectivity index (χ4n) is 5.54. The third-order valence-corrected chi connectivity index (χ3v) is 7.89. The Bertz CT molecular complexity index is 1480. The van der Waals surface area contributed by atoms with Gasteiger partial charge in [-0.25, -0.2) is 8.78 Å². The molecule has 2 N–H and O–H groups in total. The molecule has 0 aliphatic carbocycles. The normalized spacial score (nSPS) is 19.6. The first-order chi connectivity index (χ1) is 19.2. The number of aryl methyl sites for hydroxylation is 1. The van der Waals surface area contributed by atoms with E-state index in [9.17, 15) is 14.4 Å². The van der Waals surface area contributed by atoms with Crippen molar-refractivity contribution in [2.24, 2.45) is 0 Å². The van der Waals surface area contributed by atoms with Gasteiger partial charge in [0.1, 0.15) is 29.1 Å². The molecule has 2 amide bonds. The molecular weight excluding hydrogens is 542 g/mol. The van der Waals surface area contributed by atoms with Gasteiger partial charge >= 0.3 is 0 Å². The van der Waals surface area contributed by atoms with Gasteiger partial charge < -0.3 is 24.8 Å². The van der Waals surface area contributed by atoms with E-state index in [2.05, 4.69) is 10.6 Å². The average molecular weight is 571 g/mol. The Hall–Kier alpha value is -3.76. The standard InChI is InChI=1S/C29H29ClF2N4O4/c1-16-9-12-35(19-7-10-33-11-8-19)29(39)26(16)36-15-21(24-22(31)13-20(40-2)14-23(24)32)25(28(36)38)34-27(37)17-3-5-18(30)6-4-17/h3-6,9,12-14,19,21,25,33H,7-8,10-11,15H2,1-2H3,(H,34,37)/t21-,25-/m0/s1. The lowest BCUT2D eigenvalue weighted by Crippen LogP contribution is -2.45. The number of piperidine rings is 1. The highest BCUT2D eigenvalue weighted by molar-refractivity contribution is 6.30. The first-order valence-electron chi connectivity index (χ1n) is 13.0. The lowest BCUT2D eigenvalue weighted by atomic mass is 9.92. The average Bonchev–Trinajstić information content (AvgIpc) is 3.24. The van der Waals surface area contributed by atoms with Crippen molar-refractivity contribution >= 4 is 29.1 Å². The minimum absolute atomic E-state index is 0.0227. The largest absolute Gasteiger partial charge is 0.497 e. The number of ether oxygens (including phenoxy) is 1. The first kappa shape index (κ1) is 27.8. The minimum atomic E-state index is -1.34. The van der Waals surface area contributed by atoms with Crippen LogP contribution in [-0.2, 0) is 4.79 Å². The van der Waals surface area contributed by atoms with Gasteiger partial charge in [0.05, 0.1) is 7.11 Å². The molecule has 1 aromatic heterocycles. The Morgan fingerprint density at radius 2 is 1.73 bits per heavy atom. The van der Waals surface area contributed by atoms with E-state index in [-0.39, 0.29) is 40.7 Å². The van der Waals surface area contributed by atoms with Gasteiger partial charge in [0.2, 0.25) is 5.91 Å². The quantitative estimate of drug-likeness (QED) is 0.468. The van der Waals surface area contributed by atoms with E-state index in [1.54, 1.807) is 23.8 Å². The fourth-order valence-corrected chi connectivity index (χ4v) is 5.67. The summed E-state index contributed by atoms with van der Waals surface area (Å²) in [6, 6.07) is 8.45. The maximum atomic E-state index is 15.3. The summed E-state index contributed by atoms with van der Waals surface area (Å²) in [6.07, 6.45) is 3.22. The second-order valence-electron chi connectivity index (χ2n) is 10.1. The number of rotatable bonds is 6. The summed E-state index contributed by atoms with van der Waals surface area (Å²) in [7, 11) is 1.29. The molecule has 2 saturated heterocycles. The molecule has 210 valence electrons. The molecule has 0 bridgehead atoms. The molecule has 5 rings (SSSR count). The van der Waals surface area contributed by atoms with Gasteiger partial charge in [0, 0.05) is 53.0 Å². The molecule has 3 aromatic rings. The van der Waals surface area contributed by atoms with Gasteiger partial charge in [-0.2, -0.15) is 0 Å². The maximum Gasteiger partial charge on any atom is 0.275 e. The van der Waals surface area contributed by atoms with E-state index in [0.717, 1.165) is 38.1 Å². The van der Waals surface area contributed by atoms with Crippen molar-refractivity contribution < 1.29 is 23.1 Å². The van der Waals surface area contributed by atoms with Gasteiger partial charge in [-0.15, -0.1) is 0 Å². The summed E-state index contributed by atoms with van der Waals surface area (Å²) in [6.45, 7) is 3.02. The molecule has 2 fully saturated rings. The summed E-state index contributed by atoms with van der Waals surface area (Å²) < 4.78 is 37.2. The Morgan fingerprint density at radius 3 is 2.35 bits per heavy atom. The molecule has 0 radical (unpaired) electrons. The summed E-state index contributed by atoms with van der Waals surface area (Å²) in [5.41, 5.74) is 0.162. The number of hydrogen-bond acceptors (Lipinski definition) is 5. The van der Waals surface area contributed by atoms with Crippen molar-refractivity contribution in [3.8, 4) is 5.75 Å². The van der Waals surface area contributed by atoms with Gasteiger partial charge in [-0.1, -0.05) is 11.6 Å². The van der Waals surface area contributed by atoms with E-state index in [1.807, 2.05) is 0 Å². The van der Waals surface area contributed by atoms with E-state index in [4.69, 9.17) is 16.3 Å². The number of nitrogens with zero attached hydrogens (tertiary/aromatic N) is 2. The first-order valence-corrected chi connectivity index (χ1v) is 13.4. The Morgan fingerprint density at radius 1 is 1.07 bits per heavy atom. The number of halogens is 3. The van der Waals surface area contributed by atoms with Crippen LogP contribution >= 0.6 is 11.6 Å². The third kappa shape index (κ3) is 5.21. The maximum absolute atomic E-state index is 15.3. The predicted octanol–water partition coefficient (Wildman–Crippen LogP) is 3.95. The lowest BCUT2D eigenvalue weighted by molar-refractivity contribution is -0.118. The zero-order valence-corrected chi connectivity index (χ0v) is 22.8. The fraction of sp³-hybridized carbons (Fsp3) is 0.345. The zero-order valence-electron chi connectivity index (χ0n) is 22.0. The van der Waals surface area contributed by atoms with Crippen LogP contribution in [0, 0.1) is 18.6 Å². The molecule has 2 atom stereocenters. The number of methoxy groups -OCH3 is 1. The summed E-state index contributed by atoms with van der Waals surface area (Å²) >= 11 is 5.94. The topological polar surface area (TPSA) is 92.7 Å². The highest BCUT2D eigenvalue weighted by Gasteiger charge is 2.46. The van der Waals surface area contributed by atoms with Crippen LogP contribution in [0.2, 0.25) is 5.02 Å². The van der Waals surface area contributed by atoms with E-state index >= 15 is 8.78 Å². The summed E-state index contributed by atoms with van der Waals surface area (Å²) in [4.78, 5) is 42.0. The monoisotopic (exact) mass is 570 g/mol. The van der Waals surface area contributed by atoms with Gasteiger partial charge in [0.15, 0.2) is 0 Å². The van der Waals surface area contributed by atoms with Crippen LogP contribution in [0.15, 0.2) is 53.5 Å². The van der Waals surface area contributed by atoms with Crippen molar-refractivity contribution in [1.82, 2.24) is 15.2 Å². The van der Waals surface area contributed by atoms with Gasteiger partial charge in [-0.05, 0) is 68.8 Å². The lowest BCUT2D eigenvalue weighted by Gasteiger charge is -2.27. The minimum Gasteiger partial charge on any atom is -0.497 e. The van der Waals surface area contributed by atoms with Crippen molar-refractivity contribution in [3.63, 3.8) is 0 Å². The number of carbonyl (C=O) groups is 2. The molecule has 0 spiro atoms. The van der Waals surface area contributed by atoms with Crippen LogP contribution < -0.4 is 25.8 Å². The van der Waals surface area contributed by atoms with Crippen molar-refractivity contribution in [3.05, 3.63) is 92.4 Å². The molecule has 40 heavy (non-hydrogen) atoms. The van der Waals surface area contributed by atoms with Crippen molar-refractivity contribution in [2.45, 2.75) is 37.8 Å². The van der Waals surface area contributed by atoms with Crippen LogP contribution in [0.3, 0.4) is 0 Å². The summed E-state index contributed by atoms with van der Waals surface area (Å²) in [5, 5.41) is 6.35. The predicted molar refractivity (Wildman–Crippen MR) is 147 cm³/mol. The smallest absolute Gasteiger partial charge is 0.275 e. The van der Waals surface area contributed by atoms with Crippen molar-refractivity contribution in [2.75, 3.05) is 31.6 Å². The van der Waals surface area contributed by atoms with Gasteiger partial charge in [-0.3, -0.25) is 14.4 Å². The molecule has 8 nitrogen and oxygen atoms in total. The summed E-state index contributed by atoms with van der Waals surface area (Å²) in [5.74, 6) is -4.23. The number of anilines is 1. The van der Waals surface area contributed by atoms with Crippen LogP contribution in [0.4, 0.5) is 14.5 Å². The number of aromatic nitrogens is 1. The highest BCUT2D eigenvalue weighted by atomic mass is 35.5. The molecule has 11 heteroatoms. The zero-order chi connectivity index (χ0) is 28.6. The third-order valence-electron chi connectivity index (χ3n) is 7.63. The number of pyridine rings is 1. The van der Waals surface area contributed by atoms with Crippen LogP contribution in [0.25, 0.3) is 0 Å². The van der Waals surface area contributed by atoms with E-state index in [1.165, 1.54) is 36.3 Å². The second-order valence-corrected chi connectivity index (χ2v) is 10.5. The van der Waals surface area contributed by atoms with Crippen LogP contribution in [-0.4, -0.2) is 49.2 Å². The molecule has 0 unspecified atom stereocenters. The number of nitrogens with one attached hydrogen (secondary N) is 2. The number of hydrogen-bond donors (Lipinski definition) is 2. The number of benzene rings is 2. The van der Waals surface area contributed by atoms with E-state index < -0.39 is 35.4 Å². The second kappa shape index (κ2) is 11.4. The van der Waals surface area contributed by atoms with Crippen molar-refractivity contribution in [1.29, 1.82) is 0 Å². The number of amides is 2. The molecule has 2 aliphatic heterocycles.